The lowest BCUT2D eigenvalue weighted by Gasteiger charge is -2.13. The van der Waals surface area contributed by atoms with Crippen molar-refractivity contribution >= 4 is 0 Å². The van der Waals surface area contributed by atoms with Crippen LogP contribution in [0, 0.1) is 11.3 Å². The molecule has 0 heterocycles. The summed E-state index contributed by atoms with van der Waals surface area (Å²) in [4.78, 5) is 0. The van der Waals surface area contributed by atoms with Gasteiger partial charge in [-0.3, -0.25) is 0 Å². The van der Waals surface area contributed by atoms with Gasteiger partial charge in [0.1, 0.15) is 5.67 Å². The van der Waals surface area contributed by atoms with Crippen LogP contribution in [0.25, 0.3) is 0 Å². The minimum atomic E-state index is -1.33. The van der Waals surface area contributed by atoms with Gasteiger partial charge in [0.25, 0.3) is 0 Å². The number of halogens is 1. The smallest absolute Gasteiger partial charge is 0.130 e. The highest BCUT2D eigenvalue weighted by Gasteiger charge is 2.17. The molecule has 0 atom stereocenters. The van der Waals surface area contributed by atoms with Crippen molar-refractivity contribution < 1.29 is 4.39 Å². The fraction of sp³-hybridized carbons (Fsp3) is 0.300. The first-order chi connectivity index (χ1) is 5.54. The molecule has 0 saturated heterocycles. The molecule has 1 nitrogen and oxygen atoms in total. The Hall–Kier alpha value is -1.36. The van der Waals surface area contributed by atoms with Crippen LogP contribution in [0.1, 0.15) is 25.0 Å². The van der Waals surface area contributed by atoms with E-state index in [2.05, 4.69) is 0 Å². The normalized spacial score (nSPS) is 10.8. The van der Waals surface area contributed by atoms with Gasteiger partial charge in [-0.25, -0.2) is 4.39 Å². The monoisotopic (exact) mass is 163 g/mol. The van der Waals surface area contributed by atoms with Crippen LogP contribution in [-0.4, -0.2) is 0 Å². The second-order valence-corrected chi connectivity index (χ2v) is 3.16. The number of nitrogens with zero attached hydrogens (tertiary/aromatic N) is 1. The van der Waals surface area contributed by atoms with Crippen LogP contribution in [0.3, 0.4) is 0 Å². The predicted molar refractivity (Wildman–Crippen MR) is 45.3 cm³/mol. The quantitative estimate of drug-likeness (QED) is 0.624. The number of nitriles is 1. The van der Waals surface area contributed by atoms with Gasteiger partial charge in [0.15, 0.2) is 0 Å². The molecule has 0 saturated carbocycles. The molecule has 62 valence electrons. The molecule has 0 fully saturated rings. The van der Waals surface area contributed by atoms with Gasteiger partial charge < -0.3 is 0 Å². The molecule has 0 bridgehead atoms. The third kappa shape index (κ3) is 1.82. The zero-order chi connectivity index (χ0) is 9.19. The van der Waals surface area contributed by atoms with Gasteiger partial charge in [-0.1, -0.05) is 12.1 Å². The molecule has 0 radical (unpaired) electrons. The Morgan fingerprint density at radius 1 is 1.25 bits per heavy atom. The van der Waals surface area contributed by atoms with E-state index in [1.54, 1.807) is 24.3 Å². The van der Waals surface area contributed by atoms with Gasteiger partial charge in [0.05, 0.1) is 11.6 Å². The Morgan fingerprint density at radius 3 is 2.08 bits per heavy atom. The fourth-order valence-corrected chi connectivity index (χ4v) is 0.941. The lowest BCUT2D eigenvalue weighted by atomic mass is 9.99. The highest BCUT2D eigenvalue weighted by Crippen LogP contribution is 2.24. The van der Waals surface area contributed by atoms with Gasteiger partial charge in [0.2, 0.25) is 0 Å². The van der Waals surface area contributed by atoms with E-state index in [9.17, 15) is 4.39 Å². The molecule has 0 aliphatic heterocycles. The molecular weight excluding hydrogens is 153 g/mol. The van der Waals surface area contributed by atoms with E-state index in [1.807, 2.05) is 6.07 Å². The molecule has 1 aromatic rings. The molecule has 0 N–H and O–H groups in total. The van der Waals surface area contributed by atoms with Crippen LogP contribution >= 0.6 is 0 Å². The number of hydrogen-bond donors (Lipinski definition) is 0. The van der Waals surface area contributed by atoms with Gasteiger partial charge in [-0.05, 0) is 31.5 Å². The van der Waals surface area contributed by atoms with Crippen molar-refractivity contribution in [3.8, 4) is 6.07 Å². The summed E-state index contributed by atoms with van der Waals surface area (Å²) in [5.41, 5.74) is -0.168. The van der Waals surface area contributed by atoms with Crippen molar-refractivity contribution in [1.29, 1.82) is 5.26 Å². The van der Waals surface area contributed by atoms with Crippen molar-refractivity contribution in [3.05, 3.63) is 35.4 Å². The maximum absolute atomic E-state index is 13.3. The summed E-state index contributed by atoms with van der Waals surface area (Å²) in [6.45, 7) is 2.99. The van der Waals surface area contributed by atoms with Crippen molar-refractivity contribution in [2.75, 3.05) is 0 Å². The molecule has 0 aliphatic rings. The highest BCUT2D eigenvalue weighted by atomic mass is 19.1. The molecule has 1 rings (SSSR count). The minimum Gasteiger partial charge on any atom is -0.239 e. The third-order valence-electron chi connectivity index (χ3n) is 1.70. The van der Waals surface area contributed by atoms with Crippen LogP contribution in [0.2, 0.25) is 0 Å². The second-order valence-electron chi connectivity index (χ2n) is 3.16. The summed E-state index contributed by atoms with van der Waals surface area (Å²) in [7, 11) is 0. The molecule has 1 aromatic carbocycles. The topological polar surface area (TPSA) is 23.8 Å². The molecule has 2 heteroatoms. The average molecular weight is 163 g/mol. The first kappa shape index (κ1) is 8.73. The lowest BCUT2D eigenvalue weighted by molar-refractivity contribution is 0.221. The van der Waals surface area contributed by atoms with Crippen LogP contribution in [0.5, 0.6) is 0 Å². The maximum Gasteiger partial charge on any atom is 0.130 e. The molecule has 0 spiro atoms. The van der Waals surface area contributed by atoms with Crippen LogP contribution in [0.4, 0.5) is 4.39 Å². The van der Waals surface area contributed by atoms with E-state index in [1.165, 1.54) is 13.8 Å². The zero-order valence-electron chi connectivity index (χ0n) is 7.13. The Kier molecular flexibility index (Phi) is 2.14. The van der Waals surface area contributed by atoms with Gasteiger partial charge in [-0.2, -0.15) is 5.26 Å². The Morgan fingerprint density at radius 2 is 1.75 bits per heavy atom. The zero-order valence-corrected chi connectivity index (χ0v) is 7.13. The average Bonchev–Trinajstić information content (AvgIpc) is 2.03. The molecule has 0 aliphatic carbocycles. The van der Waals surface area contributed by atoms with Crippen molar-refractivity contribution in [2.45, 2.75) is 19.5 Å². The Balaban J connectivity index is 3.02. The van der Waals surface area contributed by atoms with Gasteiger partial charge >= 0.3 is 0 Å². The number of benzene rings is 1. The van der Waals surface area contributed by atoms with E-state index in [-0.39, 0.29) is 0 Å². The summed E-state index contributed by atoms with van der Waals surface area (Å²) in [5.74, 6) is 0. The predicted octanol–water partition coefficient (Wildman–Crippen LogP) is 2.76. The second kappa shape index (κ2) is 2.94. The summed E-state index contributed by atoms with van der Waals surface area (Å²) in [5, 5.41) is 8.49. The summed E-state index contributed by atoms with van der Waals surface area (Å²) < 4.78 is 13.3. The summed E-state index contributed by atoms with van der Waals surface area (Å²) in [6.07, 6.45) is 0. The summed E-state index contributed by atoms with van der Waals surface area (Å²) in [6, 6.07) is 8.50. The maximum atomic E-state index is 13.3. The van der Waals surface area contributed by atoms with E-state index in [4.69, 9.17) is 5.26 Å². The van der Waals surface area contributed by atoms with E-state index in [0.29, 0.717) is 11.1 Å². The first-order valence-electron chi connectivity index (χ1n) is 3.73. The van der Waals surface area contributed by atoms with Crippen molar-refractivity contribution in [3.63, 3.8) is 0 Å². The standard InChI is InChI=1S/C10H10FN/c1-10(2,11)9-5-3-8(7-12)4-6-9/h3-6H,1-2H3. The first-order valence-corrected chi connectivity index (χ1v) is 3.73. The number of alkyl halides is 1. The molecule has 0 unspecified atom stereocenters. The molecule has 0 aromatic heterocycles. The van der Waals surface area contributed by atoms with Gasteiger partial charge in [0, 0.05) is 0 Å². The van der Waals surface area contributed by atoms with E-state index in [0.717, 1.165) is 0 Å². The van der Waals surface area contributed by atoms with Crippen molar-refractivity contribution in [1.82, 2.24) is 0 Å². The minimum absolute atomic E-state index is 0.558. The Labute approximate surface area is 71.4 Å². The lowest BCUT2D eigenvalue weighted by Crippen LogP contribution is -2.08. The SMILES string of the molecule is CC(C)(F)c1ccc(C#N)cc1. The van der Waals surface area contributed by atoms with E-state index < -0.39 is 5.67 Å². The number of hydrogen-bond acceptors (Lipinski definition) is 1. The van der Waals surface area contributed by atoms with E-state index >= 15 is 0 Å². The highest BCUT2D eigenvalue weighted by molar-refractivity contribution is 5.33. The van der Waals surface area contributed by atoms with Crippen molar-refractivity contribution in [2.24, 2.45) is 0 Å². The third-order valence-corrected chi connectivity index (χ3v) is 1.70. The summed E-state index contributed by atoms with van der Waals surface area (Å²) >= 11 is 0. The van der Waals surface area contributed by atoms with Crippen LogP contribution in [0.15, 0.2) is 24.3 Å². The fourth-order valence-electron chi connectivity index (χ4n) is 0.941. The largest absolute Gasteiger partial charge is 0.239 e. The molecular formula is C10H10FN. The Bertz CT molecular complexity index is 300. The van der Waals surface area contributed by atoms with Crippen LogP contribution in [-0.2, 0) is 5.67 Å². The molecule has 12 heavy (non-hydrogen) atoms. The van der Waals surface area contributed by atoms with Gasteiger partial charge in [-0.15, -0.1) is 0 Å². The van der Waals surface area contributed by atoms with Crippen LogP contribution < -0.4 is 0 Å². The number of rotatable bonds is 1. The molecule has 0 amide bonds.